The van der Waals surface area contributed by atoms with Crippen LogP contribution in [0.4, 0.5) is 4.79 Å². The molecular weight excluding hydrogens is 634 g/mol. The van der Waals surface area contributed by atoms with Crippen molar-refractivity contribution in [1.82, 2.24) is 25.6 Å². The molecule has 3 saturated carbocycles. The maximum absolute atomic E-state index is 14.3. The van der Waals surface area contributed by atoms with E-state index in [1.54, 1.807) is 18.2 Å². The maximum atomic E-state index is 14.3. The van der Waals surface area contributed by atoms with Crippen LogP contribution in [-0.2, 0) is 29.2 Å². The molecule has 1 aromatic rings. The molecule has 0 aromatic heterocycles. The lowest BCUT2D eigenvalue weighted by Gasteiger charge is -2.38. The molecule has 4 aliphatic rings. The van der Waals surface area contributed by atoms with Crippen LogP contribution in [0, 0.1) is 40.4 Å². The Labute approximate surface area is 283 Å². The number of nitrogens with zero attached hydrogens (tertiary/aromatic N) is 1. The van der Waals surface area contributed by atoms with Crippen molar-refractivity contribution in [2.75, 3.05) is 6.54 Å². The van der Waals surface area contributed by atoms with Gasteiger partial charge in [0.25, 0.3) is 15.9 Å². The van der Waals surface area contributed by atoms with E-state index in [4.69, 9.17) is 0 Å². The highest BCUT2D eigenvalue weighted by Crippen LogP contribution is 2.65. The number of likely N-dealkylation sites (tertiary alicyclic amines) is 1. The van der Waals surface area contributed by atoms with Gasteiger partial charge in [0.05, 0.1) is 10.9 Å². The maximum Gasteiger partial charge on any atom is 0.316 e. The number of amides is 5. The fourth-order valence-electron chi connectivity index (χ4n) is 7.33. The minimum Gasteiger partial charge on any atom is -0.339 e. The monoisotopic (exact) mass is 683 g/mol. The number of carbonyl (C=O) groups excluding carboxylic acids is 5. The highest BCUT2D eigenvalue weighted by molar-refractivity contribution is 7.90. The number of piperidine rings is 1. The van der Waals surface area contributed by atoms with E-state index in [0.717, 1.165) is 12.8 Å². The van der Waals surface area contributed by atoms with Gasteiger partial charge >= 0.3 is 6.03 Å². The van der Waals surface area contributed by atoms with Crippen molar-refractivity contribution in [3.05, 3.63) is 43.0 Å². The molecule has 0 bridgehead atoms. The van der Waals surface area contributed by atoms with E-state index in [2.05, 4.69) is 27.3 Å². The van der Waals surface area contributed by atoms with Gasteiger partial charge in [-0.3, -0.25) is 19.2 Å². The van der Waals surface area contributed by atoms with Crippen LogP contribution in [0.25, 0.3) is 0 Å². The van der Waals surface area contributed by atoms with Gasteiger partial charge in [0, 0.05) is 18.4 Å². The molecule has 7 atom stereocenters. The van der Waals surface area contributed by atoms with Crippen LogP contribution < -0.4 is 20.7 Å². The summed E-state index contributed by atoms with van der Waals surface area (Å²) >= 11 is 0. The van der Waals surface area contributed by atoms with Gasteiger partial charge in [-0.25, -0.2) is 17.9 Å². The smallest absolute Gasteiger partial charge is 0.316 e. The average molecular weight is 684 g/mol. The first-order chi connectivity index (χ1) is 22.3. The molecule has 4 N–H and O–H groups in total. The topological polar surface area (TPSA) is 171 Å². The van der Waals surface area contributed by atoms with Crippen LogP contribution >= 0.6 is 0 Å². The second-order valence-electron chi connectivity index (χ2n) is 16.0. The van der Waals surface area contributed by atoms with Crippen molar-refractivity contribution in [2.45, 2.75) is 96.3 Å². The Bertz CT molecular complexity index is 1610. The summed E-state index contributed by atoms with van der Waals surface area (Å²) in [6, 6.07) is 4.16. The Morgan fingerprint density at radius 3 is 2.17 bits per heavy atom. The third kappa shape index (κ3) is 6.62. The quantitative estimate of drug-likeness (QED) is 0.246. The number of sulfonamides is 1. The van der Waals surface area contributed by atoms with Crippen LogP contribution in [0.15, 0.2) is 47.9 Å². The summed E-state index contributed by atoms with van der Waals surface area (Å²) < 4.78 is 28.1. The number of hydrogen-bond donors (Lipinski definition) is 4. The van der Waals surface area contributed by atoms with Gasteiger partial charge in [-0.15, -0.1) is 6.58 Å². The first kappa shape index (κ1) is 35.6. The normalized spacial score (nSPS) is 28.4. The minimum absolute atomic E-state index is 0.00942. The SMILES string of the molecule is C=C[C@@H]1C[C@]1(NC(=O)[C@@H]1[C@@H]2C(CN1C(=O)[C@@H](NC(=O)N[C@H](C(=O)C1CC1)C(C)C)C(C)(C)C)C2(C)C)C(=O)NS(=O)(=O)c1ccccc1. The van der Waals surface area contributed by atoms with Gasteiger partial charge < -0.3 is 20.9 Å². The summed E-state index contributed by atoms with van der Waals surface area (Å²) in [5, 5.41) is 8.43. The molecule has 262 valence electrons. The number of benzene rings is 1. The molecule has 48 heavy (non-hydrogen) atoms. The second kappa shape index (κ2) is 12.3. The summed E-state index contributed by atoms with van der Waals surface area (Å²) in [5.41, 5.74) is -2.56. The second-order valence-corrected chi connectivity index (χ2v) is 17.6. The summed E-state index contributed by atoms with van der Waals surface area (Å²) in [5.74, 6) is -2.78. The molecule has 1 heterocycles. The minimum atomic E-state index is -4.21. The largest absolute Gasteiger partial charge is 0.339 e. The predicted octanol–water partition coefficient (Wildman–Crippen LogP) is 2.75. The van der Waals surface area contributed by atoms with Crippen LogP contribution in [-0.4, -0.2) is 73.1 Å². The molecule has 0 spiro atoms. The molecule has 4 fully saturated rings. The molecule has 1 aliphatic heterocycles. The lowest BCUT2D eigenvalue weighted by Crippen LogP contribution is -2.63. The summed E-state index contributed by atoms with van der Waals surface area (Å²) in [7, 11) is -4.21. The summed E-state index contributed by atoms with van der Waals surface area (Å²) in [6.07, 6.45) is 3.28. The highest BCUT2D eigenvalue weighted by Gasteiger charge is 2.71. The van der Waals surface area contributed by atoms with Crippen molar-refractivity contribution in [3.8, 4) is 0 Å². The van der Waals surface area contributed by atoms with Crippen LogP contribution in [0.2, 0.25) is 0 Å². The highest BCUT2D eigenvalue weighted by atomic mass is 32.2. The summed E-state index contributed by atoms with van der Waals surface area (Å²) in [4.78, 5) is 69.6. The Morgan fingerprint density at radius 1 is 1.02 bits per heavy atom. The van der Waals surface area contributed by atoms with Gasteiger partial charge in [0.1, 0.15) is 17.6 Å². The third-order valence-electron chi connectivity index (χ3n) is 10.7. The third-order valence-corrected chi connectivity index (χ3v) is 12.1. The molecule has 0 radical (unpaired) electrons. The van der Waals surface area contributed by atoms with Crippen LogP contribution in [0.3, 0.4) is 0 Å². The Kier molecular flexibility index (Phi) is 9.11. The Balaban J connectivity index is 1.35. The standard InChI is InChI=1S/C35H49N5O7S/c1-9-21-17-35(21,31(44)39-48(46,47)22-13-11-10-12-14-22)38-29(42)26-24-23(34(24,7)8)18-40(26)30(43)28(33(4,5)6)37-32(45)36-25(19(2)3)27(41)20-15-16-20/h9-14,19-21,23-26,28H,1,15-18H2,2-8H3,(H,38,42)(H,39,44)(H2,36,37,45)/t21-,23?,24+,25+,26+,28-,35-/m1/s1. The first-order valence-electron chi connectivity index (χ1n) is 16.7. The van der Waals surface area contributed by atoms with Crippen molar-refractivity contribution in [3.63, 3.8) is 0 Å². The number of rotatable bonds is 12. The van der Waals surface area contributed by atoms with E-state index in [9.17, 15) is 32.4 Å². The van der Waals surface area contributed by atoms with Gasteiger partial charge in [-0.2, -0.15) is 0 Å². The zero-order valence-corrected chi connectivity index (χ0v) is 29.6. The lowest BCUT2D eigenvalue weighted by atomic mass is 9.85. The molecule has 5 rings (SSSR count). The number of hydrogen-bond acceptors (Lipinski definition) is 7. The summed E-state index contributed by atoms with van der Waals surface area (Å²) in [6.45, 7) is 17.3. The van der Waals surface area contributed by atoms with Crippen molar-refractivity contribution in [1.29, 1.82) is 0 Å². The van der Waals surface area contributed by atoms with Gasteiger partial charge in [0.2, 0.25) is 11.8 Å². The van der Waals surface area contributed by atoms with Gasteiger partial charge in [-0.05, 0) is 60.0 Å². The van der Waals surface area contributed by atoms with Crippen molar-refractivity contribution in [2.24, 2.45) is 40.4 Å². The Morgan fingerprint density at radius 2 is 1.65 bits per heavy atom. The number of nitrogens with one attached hydrogen (secondary N) is 4. The fourth-order valence-corrected chi connectivity index (χ4v) is 8.39. The van der Waals surface area contributed by atoms with E-state index in [0.29, 0.717) is 0 Å². The molecule has 3 aliphatic carbocycles. The number of Topliss-reactive ketones (excluding diaryl/α,β-unsaturated/α-hetero) is 1. The Hall–Kier alpha value is -3.74. The van der Waals surface area contributed by atoms with E-state index in [1.807, 2.05) is 48.5 Å². The molecule has 1 unspecified atom stereocenters. The van der Waals surface area contributed by atoms with Gasteiger partial charge in [0.15, 0.2) is 5.78 Å². The predicted molar refractivity (Wildman–Crippen MR) is 178 cm³/mol. The molecule has 12 nitrogen and oxygen atoms in total. The number of carbonyl (C=O) groups is 5. The first-order valence-corrected chi connectivity index (χ1v) is 18.2. The fraction of sp³-hybridized carbons (Fsp3) is 0.629. The van der Waals surface area contributed by atoms with E-state index in [-0.39, 0.29) is 52.7 Å². The van der Waals surface area contributed by atoms with Crippen molar-refractivity contribution >= 4 is 39.6 Å². The zero-order chi connectivity index (χ0) is 35.6. The van der Waals surface area contributed by atoms with E-state index < -0.39 is 68.8 Å². The van der Waals surface area contributed by atoms with E-state index in [1.165, 1.54) is 23.1 Å². The number of ketones is 1. The van der Waals surface area contributed by atoms with Crippen molar-refractivity contribution < 1.29 is 32.4 Å². The molecule has 1 aromatic carbocycles. The van der Waals surface area contributed by atoms with Gasteiger partial charge in [-0.1, -0.05) is 72.7 Å². The average Bonchev–Trinajstić information content (AvgIpc) is 3.96. The number of urea groups is 1. The molecule has 13 heteroatoms. The van der Waals surface area contributed by atoms with Crippen LogP contribution in [0.5, 0.6) is 0 Å². The molecule has 5 amide bonds. The molecular formula is C35H49N5O7S. The number of fused-ring (bicyclic) bond motifs is 1. The molecule has 1 saturated heterocycles. The van der Waals surface area contributed by atoms with Crippen LogP contribution in [0.1, 0.15) is 67.7 Å². The van der Waals surface area contributed by atoms with E-state index >= 15 is 0 Å². The lowest BCUT2D eigenvalue weighted by molar-refractivity contribution is -0.144. The zero-order valence-electron chi connectivity index (χ0n) is 28.8.